The largest absolute Gasteiger partial charge is 0.379 e. The highest BCUT2D eigenvalue weighted by Gasteiger charge is 2.22. The summed E-state index contributed by atoms with van der Waals surface area (Å²) in [4.78, 5) is 7.11. The zero-order valence-electron chi connectivity index (χ0n) is 14.7. The van der Waals surface area contributed by atoms with Gasteiger partial charge in [0.1, 0.15) is 5.82 Å². The molecule has 1 aliphatic rings. The minimum atomic E-state index is -0.207. The zero-order valence-corrected chi connectivity index (χ0v) is 14.7. The number of benzene rings is 1. The Morgan fingerprint density at radius 1 is 1.21 bits per heavy atom. The highest BCUT2D eigenvalue weighted by atomic mass is 19.1. The maximum Gasteiger partial charge on any atom is 0.191 e. The second-order valence-corrected chi connectivity index (χ2v) is 5.86. The molecular weight excluding hydrogens is 307 g/mol. The molecule has 1 heterocycles. The Morgan fingerprint density at radius 3 is 2.54 bits per heavy atom. The number of aliphatic imine (C=N–C) groups is 1. The fraction of sp³-hybridized carbons (Fsp3) is 0.611. The maximum absolute atomic E-state index is 13.3. The van der Waals surface area contributed by atoms with Crippen molar-refractivity contribution in [3.05, 3.63) is 35.6 Å². The van der Waals surface area contributed by atoms with Crippen LogP contribution in [0.15, 0.2) is 29.3 Å². The van der Waals surface area contributed by atoms with Crippen LogP contribution in [-0.4, -0.2) is 56.8 Å². The van der Waals surface area contributed by atoms with Crippen molar-refractivity contribution in [2.24, 2.45) is 4.99 Å². The molecule has 0 aromatic heterocycles. The summed E-state index contributed by atoms with van der Waals surface area (Å²) in [6, 6.07) is 6.89. The van der Waals surface area contributed by atoms with Crippen molar-refractivity contribution in [1.82, 2.24) is 15.5 Å². The Kier molecular flexibility index (Phi) is 7.98. The molecular formula is C18H29FN4O. The topological polar surface area (TPSA) is 48.9 Å². The number of hydrogen-bond donors (Lipinski definition) is 2. The molecule has 1 unspecified atom stereocenters. The Labute approximate surface area is 144 Å². The number of guanidine groups is 1. The van der Waals surface area contributed by atoms with E-state index in [1.165, 1.54) is 12.1 Å². The molecule has 0 aliphatic carbocycles. The quantitative estimate of drug-likeness (QED) is 0.592. The van der Waals surface area contributed by atoms with Crippen molar-refractivity contribution >= 4 is 5.96 Å². The number of ether oxygens (including phenoxy) is 1. The fourth-order valence-electron chi connectivity index (χ4n) is 2.77. The van der Waals surface area contributed by atoms with Crippen LogP contribution in [0.1, 0.15) is 31.9 Å². The van der Waals surface area contributed by atoms with E-state index in [0.29, 0.717) is 6.54 Å². The lowest BCUT2D eigenvalue weighted by Crippen LogP contribution is -2.42. The van der Waals surface area contributed by atoms with Crippen LogP contribution in [0, 0.1) is 5.82 Å². The standard InChI is InChI=1S/C18H29FN4O/c1-3-9-21-18(20-4-2)22-14-17(23-10-12-24-13-11-23)15-5-7-16(19)8-6-15/h5-8,17H,3-4,9-14H2,1-2H3,(H2,20,21,22). The van der Waals surface area contributed by atoms with Crippen LogP contribution in [0.3, 0.4) is 0 Å². The summed E-state index contributed by atoms with van der Waals surface area (Å²) in [5, 5.41) is 6.60. The molecule has 0 saturated carbocycles. The van der Waals surface area contributed by atoms with E-state index < -0.39 is 0 Å². The summed E-state index contributed by atoms with van der Waals surface area (Å²) < 4.78 is 18.7. The van der Waals surface area contributed by atoms with Crippen LogP contribution >= 0.6 is 0 Å². The first-order valence-corrected chi connectivity index (χ1v) is 8.84. The molecule has 134 valence electrons. The highest BCUT2D eigenvalue weighted by Crippen LogP contribution is 2.22. The first-order valence-electron chi connectivity index (χ1n) is 8.84. The van der Waals surface area contributed by atoms with Gasteiger partial charge in [0.25, 0.3) is 0 Å². The van der Waals surface area contributed by atoms with Gasteiger partial charge in [-0.15, -0.1) is 0 Å². The molecule has 1 fully saturated rings. The molecule has 6 heteroatoms. The van der Waals surface area contributed by atoms with Crippen molar-refractivity contribution in [2.75, 3.05) is 45.9 Å². The van der Waals surface area contributed by atoms with E-state index in [1.807, 2.05) is 12.1 Å². The van der Waals surface area contributed by atoms with Gasteiger partial charge in [-0.25, -0.2) is 4.39 Å². The molecule has 1 atom stereocenters. The molecule has 1 saturated heterocycles. The van der Waals surface area contributed by atoms with E-state index in [9.17, 15) is 4.39 Å². The lowest BCUT2D eigenvalue weighted by atomic mass is 10.0. The van der Waals surface area contributed by atoms with Crippen molar-refractivity contribution in [1.29, 1.82) is 0 Å². The second-order valence-electron chi connectivity index (χ2n) is 5.86. The van der Waals surface area contributed by atoms with E-state index in [0.717, 1.165) is 57.3 Å². The molecule has 1 aromatic carbocycles. The zero-order chi connectivity index (χ0) is 17.2. The smallest absolute Gasteiger partial charge is 0.191 e. The molecule has 0 bridgehead atoms. The molecule has 1 aromatic rings. The van der Waals surface area contributed by atoms with Gasteiger partial charge in [0.2, 0.25) is 0 Å². The summed E-state index contributed by atoms with van der Waals surface area (Å²) in [7, 11) is 0. The van der Waals surface area contributed by atoms with Gasteiger partial charge >= 0.3 is 0 Å². The van der Waals surface area contributed by atoms with E-state index in [2.05, 4.69) is 29.4 Å². The number of hydrogen-bond acceptors (Lipinski definition) is 3. The lowest BCUT2D eigenvalue weighted by Gasteiger charge is -2.34. The fourth-order valence-corrected chi connectivity index (χ4v) is 2.77. The number of nitrogens with one attached hydrogen (secondary N) is 2. The Hall–Kier alpha value is -1.66. The summed E-state index contributed by atoms with van der Waals surface area (Å²) in [5.74, 6) is 0.626. The molecule has 0 spiro atoms. The van der Waals surface area contributed by atoms with Gasteiger partial charge in [0.05, 0.1) is 25.8 Å². The van der Waals surface area contributed by atoms with E-state index >= 15 is 0 Å². The number of rotatable bonds is 7. The number of nitrogens with zero attached hydrogens (tertiary/aromatic N) is 2. The minimum Gasteiger partial charge on any atom is -0.379 e. The summed E-state index contributed by atoms with van der Waals surface area (Å²) in [6.07, 6.45) is 1.05. The van der Waals surface area contributed by atoms with Gasteiger partial charge in [0.15, 0.2) is 5.96 Å². The van der Waals surface area contributed by atoms with Gasteiger partial charge in [-0.2, -0.15) is 0 Å². The van der Waals surface area contributed by atoms with E-state index in [-0.39, 0.29) is 11.9 Å². The van der Waals surface area contributed by atoms with Crippen LogP contribution in [0.2, 0.25) is 0 Å². The third-order valence-corrected chi connectivity index (χ3v) is 4.05. The Morgan fingerprint density at radius 2 is 1.92 bits per heavy atom. The molecule has 1 aliphatic heterocycles. The molecule has 24 heavy (non-hydrogen) atoms. The van der Waals surface area contributed by atoms with Gasteiger partial charge in [-0.3, -0.25) is 9.89 Å². The van der Waals surface area contributed by atoms with Gasteiger partial charge in [-0.1, -0.05) is 19.1 Å². The summed E-state index contributed by atoms with van der Waals surface area (Å²) in [5.41, 5.74) is 1.09. The second kappa shape index (κ2) is 10.3. The molecule has 0 radical (unpaired) electrons. The van der Waals surface area contributed by atoms with Gasteiger partial charge in [0, 0.05) is 26.2 Å². The van der Waals surface area contributed by atoms with Crippen LogP contribution < -0.4 is 10.6 Å². The van der Waals surface area contributed by atoms with E-state index in [4.69, 9.17) is 9.73 Å². The molecule has 0 amide bonds. The van der Waals surface area contributed by atoms with Crippen molar-refractivity contribution in [3.63, 3.8) is 0 Å². The molecule has 5 nitrogen and oxygen atoms in total. The van der Waals surface area contributed by atoms with Crippen LogP contribution in [-0.2, 0) is 4.74 Å². The van der Waals surface area contributed by atoms with Crippen LogP contribution in [0.4, 0.5) is 4.39 Å². The minimum absolute atomic E-state index is 0.131. The first kappa shape index (κ1) is 18.7. The van der Waals surface area contributed by atoms with Crippen LogP contribution in [0.5, 0.6) is 0 Å². The SMILES string of the molecule is CCCNC(=NCC(c1ccc(F)cc1)N1CCOCC1)NCC. The molecule has 2 rings (SSSR count). The monoisotopic (exact) mass is 336 g/mol. The summed E-state index contributed by atoms with van der Waals surface area (Å²) in [6.45, 7) is 9.75. The average Bonchev–Trinajstić information content (AvgIpc) is 2.62. The summed E-state index contributed by atoms with van der Waals surface area (Å²) >= 11 is 0. The predicted octanol–water partition coefficient (Wildman–Crippen LogP) is 2.16. The third-order valence-electron chi connectivity index (χ3n) is 4.05. The normalized spacial score (nSPS) is 17.5. The number of morpholine rings is 1. The van der Waals surface area contributed by atoms with Gasteiger partial charge in [-0.05, 0) is 31.0 Å². The highest BCUT2D eigenvalue weighted by molar-refractivity contribution is 5.79. The van der Waals surface area contributed by atoms with Crippen LogP contribution in [0.25, 0.3) is 0 Å². The van der Waals surface area contributed by atoms with Crippen molar-refractivity contribution in [2.45, 2.75) is 26.3 Å². The maximum atomic E-state index is 13.3. The van der Waals surface area contributed by atoms with E-state index in [1.54, 1.807) is 0 Å². The van der Waals surface area contributed by atoms with Gasteiger partial charge < -0.3 is 15.4 Å². The average molecular weight is 336 g/mol. The van der Waals surface area contributed by atoms with Crippen molar-refractivity contribution in [3.8, 4) is 0 Å². The Bertz CT molecular complexity index is 500. The Balaban J connectivity index is 2.13. The number of halogens is 1. The first-order chi connectivity index (χ1) is 11.7. The predicted molar refractivity (Wildman–Crippen MR) is 95.8 cm³/mol. The third kappa shape index (κ3) is 5.76. The van der Waals surface area contributed by atoms with Crippen molar-refractivity contribution < 1.29 is 9.13 Å². The molecule has 2 N–H and O–H groups in total. The lowest BCUT2D eigenvalue weighted by molar-refractivity contribution is 0.0179.